The van der Waals surface area contributed by atoms with Gasteiger partial charge in [0.15, 0.2) is 11.5 Å². The Bertz CT molecular complexity index is 5960. The van der Waals surface area contributed by atoms with E-state index in [9.17, 15) is 8.22 Å². The second-order valence-corrected chi connectivity index (χ2v) is 30.8. The first-order chi connectivity index (χ1) is 48.5. The molecule has 2 aliphatic rings. The van der Waals surface area contributed by atoms with Crippen molar-refractivity contribution in [2.24, 2.45) is 0 Å². The van der Waals surface area contributed by atoms with E-state index in [1.165, 1.54) is 22.3 Å². The molecule has 0 saturated carbocycles. The van der Waals surface area contributed by atoms with Crippen LogP contribution in [0.2, 0.25) is 0 Å². The van der Waals surface area contributed by atoms with Crippen molar-refractivity contribution in [3.8, 4) is 56.3 Å². The van der Waals surface area contributed by atoms with Gasteiger partial charge in [0.2, 0.25) is 0 Å². The second kappa shape index (κ2) is 20.7. The van der Waals surface area contributed by atoms with Crippen LogP contribution in [0.5, 0.6) is 11.5 Å². The lowest BCUT2D eigenvalue weighted by Gasteiger charge is -2.45. The van der Waals surface area contributed by atoms with Crippen LogP contribution in [-0.4, -0.2) is 9.13 Å². The normalized spacial score (nSPS) is 14.6. The lowest BCUT2D eigenvalue weighted by Crippen LogP contribution is -2.27. The van der Waals surface area contributed by atoms with Crippen LogP contribution >= 0.6 is 11.3 Å². The summed E-state index contributed by atoms with van der Waals surface area (Å²) < 4.78 is 89.2. The predicted octanol–water partition coefficient (Wildman–Crippen LogP) is 25.8. The van der Waals surface area contributed by atoms with Crippen molar-refractivity contribution >= 4 is 109 Å². The summed E-state index contributed by atoms with van der Waals surface area (Å²) in [6.45, 7) is 27.1. The molecular weight excluding hydrogens is 1160 g/mol. The van der Waals surface area contributed by atoms with E-state index in [0.29, 0.717) is 22.9 Å². The standard InChI is InChI=1S/C88H76N4OS/c1-85(2,3)57-36-39-71-67(47-57)68-48-58(86(4,5)6)37-40-72(68)90(71)62-50-76-84-78(51-62)93-77-42-35-55(56-43-59(87(7,8)9)46-60(44-56)88(10,11)12)45-75(77)91(84)73-41-38-61(89-69-32-22-19-29-63(69)64-30-20-23-33-70(64)89)49-74(73)92(76)83-66(53-25-15-13-16-26-53)52-80-82(65-31-21-24-34-79(65)94-80)81(83)54-27-17-14-18-28-54/h13-52H,1-12H3/i19D,20D,22D,23D,29D,30D,32D,33D. The van der Waals surface area contributed by atoms with Crippen LogP contribution in [0.3, 0.4) is 0 Å². The Kier molecular flexibility index (Phi) is 10.9. The molecule has 5 nitrogen and oxygen atoms in total. The summed E-state index contributed by atoms with van der Waals surface area (Å²) in [5.41, 5.74) is 18.1. The Morgan fingerprint density at radius 2 is 0.894 bits per heavy atom. The molecule has 15 aromatic rings. The van der Waals surface area contributed by atoms with Gasteiger partial charge in [-0.3, -0.25) is 4.90 Å². The highest BCUT2D eigenvalue weighted by Crippen LogP contribution is 2.66. The van der Waals surface area contributed by atoms with E-state index in [-0.39, 0.29) is 55.6 Å². The quantitative estimate of drug-likeness (QED) is 0.166. The van der Waals surface area contributed by atoms with E-state index >= 15 is 0 Å². The number of para-hydroxylation sites is 2. The largest absolute Gasteiger partial charge is 0.453 e. The summed E-state index contributed by atoms with van der Waals surface area (Å²) in [5.74, 6) is 1.24. The number of anilines is 6. The molecule has 0 unspecified atom stereocenters. The van der Waals surface area contributed by atoms with E-state index in [1.807, 2.05) is 12.1 Å². The number of ether oxygens (including phenoxy) is 1. The fraction of sp³-hybridized carbons (Fsp3) is 0.182. The van der Waals surface area contributed by atoms with Crippen molar-refractivity contribution in [3.05, 3.63) is 265 Å². The van der Waals surface area contributed by atoms with Crippen molar-refractivity contribution in [1.29, 1.82) is 0 Å². The molecule has 0 spiro atoms. The van der Waals surface area contributed by atoms with Gasteiger partial charge in [-0.15, -0.1) is 11.3 Å². The Labute approximate surface area is 566 Å². The highest BCUT2D eigenvalue weighted by Gasteiger charge is 2.41. The lowest BCUT2D eigenvalue weighted by atomic mass is 9.79. The number of aromatic nitrogens is 2. The van der Waals surface area contributed by atoms with E-state index in [2.05, 4.69) is 279 Å². The molecule has 2 aliphatic heterocycles. The van der Waals surface area contributed by atoms with Gasteiger partial charge in [-0.25, -0.2) is 0 Å². The molecule has 0 saturated heterocycles. The monoisotopic (exact) mass is 1240 g/mol. The Balaban J connectivity index is 1.07. The first kappa shape index (κ1) is 49.5. The Hall–Kier alpha value is -10.1. The number of nitrogens with zero attached hydrogens (tertiary/aromatic N) is 4. The van der Waals surface area contributed by atoms with Crippen molar-refractivity contribution < 1.29 is 15.7 Å². The molecule has 94 heavy (non-hydrogen) atoms. The summed E-state index contributed by atoms with van der Waals surface area (Å²) in [5, 5.41) is 4.42. The molecule has 12 aromatic carbocycles. The van der Waals surface area contributed by atoms with E-state index in [1.54, 1.807) is 15.9 Å². The molecular formula is C88H76N4OS. The maximum atomic E-state index is 9.82. The molecule has 0 aliphatic carbocycles. The fourth-order valence-corrected chi connectivity index (χ4v) is 15.6. The van der Waals surface area contributed by atoms with Gasteiger partial charge >= 0.3 is 0 Å². The van der Waals surface area contributed by atoms with Gasteiger partial charge in [0.1, 0.15) is 5.69 Å². The minimum Gasteiger partial charge on any atom is -0.453 e. The lowest BCUT2D eigenvalue weighted by molar-refractivity contribution is 0.476. The molecule has 0 atom stereocenters. The van der Waals surface area contributed by atoms with Gasteiger partial charge in [-0.2, -0.15) is 0 Å². The number of hydrogen-bond acceptors (Lipinski definition) is 4. The zero-order valence-electron chi connectivity index (χ0n) is 63.1. The van der Waals surface area contributed by atoms with Crippen molar-refractivity contribution in [2.45, 2.75) is 105 Å². The number of hydrogen-bond donors (Lipinski definition) is 0. The van der Waals surface area contributed by atoms with Gasteiger partial charge in [0, 0.05) is 64.6 Å². The number of benzene rings is 12. The summed E-state index contributed by atoms with van der Waals surface area (Å²) >= 11 is 1.76. The minimum absolute atomic E-state index is 0.0000717. The number of fused-ring (bicyclic) bond motifs is 13. The SMILES string of the molecule is [2H]c1c([2H])c([2H])c2c(c1[2H])c1c([2H])c([2H])c([2H])c([2H])c1n2-c1ccc2c(c1)N(c1c(-c3ccccc3)cc3sc4ccccc4c3c1-c1ccccc1)c1cc(-n3c4ccc(C(C)(C)C)cc4c4cc(C(C)(C)C)ccc43)cc3c1N2c1cc(-c2cc(C(C)(C)C)cc(C(C)(C)C)c2)ccc1O3. The molecule has 0 amide bonds. The van der Waals surface area contributed by atoms with E-state index in [0.717, 1.165) is 109 Å². The molecule has 0 radical (unpaired) electrons. The summed E-state index contributed by atoms with van der Waals surface area (Å²) in [7, 11) is 0. The highest BCUT2D eigenvalue weighted by molar-refractivity contribution is 7.26. The molecule has 0 N–H and O–H groups in total. The molecule has 5 heterocycles. The summed E-state index contributed by atoms with van der Waals surface area (Å²) in [4.78, 5) is 4.71. The third kappa shape index (κ3) is 9.07. The maximum absolute atomic E-state index is 9.82. The minimum atomic E-state index is -0.505. The smallest absolute Gasteiger partial charge is 0.155 e. The summed E-state index contributed by atoms with van der Waals surface area (Å²) in [6, 6.07) is 66.4. The van der Waals surface area contributed by atoms with Crippen LogP contribution in [0.15, 0.2) is 242 Å². The van der Waals surface area contributed by atoms with Gasteiger partial charge < -0.3 is 18.8 Å². The van der Waals surface area contributed by atoms with Gasteiger partial charge in [0.05, 0.1) is 67.2 Å². The van der Waals surface area contributed by atoms with Crippen LogP contribution in [0.1, 0.15) is 116 Å². The maximum Gasteiger partial charge on any atom is 0.155 e. The molecule has 17 rings (SSSR count). The van der Waals surface area contributed by atoms with E-state index in [4.69, 9.17) is 7.48 Å². The summed E-state index contributed by atoms with van der Waals surface area (Å²) in [6.07, 6.45) is 0. The fourth-order valence-electron chi connectivity index (χ4n) is 14.4. The van der Waals surface area contributed by atoms with Gasteiger partial charge in [0.25, 0.3) is 0 Å². The third-order valence-electron chi connectivity index (χ3n) is 19.4. The van der Waals surface area contributed by atoms with Crippen LogP contribution in [-0.2, 0) is 21.7 Å². The number of rotatable bonds is 6. The van der Waals surface area contributed by atoms with Crippen LogP contribution in [0, 0.1) is 0 Å². The van der Waals surface area contributed by atoms with Crippen molar-refractivity contribution in [2.75, 3.05) is 9.80 Å². The molecule has 6 heteroatoms. The molecule has 0 fully saturated rings. The van der Waals surface area contributed by atoms with E-state index < -0.39 is 36.3 Å². The predicted molar refractivity (Wildman–Crippen MR) is 402 cm³/mol. The first-order valence-corrected chi connectivity index (χ1v) is 33.4. The van der Waals surface area contributed by atoms with Crippen LogP contribution < -0.4 is 14.5 Å². The number of thiophene rings is 1. The Morgan fingerprint density at radius 3 is 1.51 bits per heavy atom. The van der Waals surface area contributed by atoms with Crippen LogP contribution in [0.25, 0.3) is 109 Å². The zero-order valence-corrected chi connectivity index (χ0v) is 55.9. The average molecular weight is 1250 g/mol. The molecule has 3 aromatic heterocycles. The molecule has 0 bridgehead atoms. The second-order valence-electron chi connectivity index (χ2n) is 29.7. The highest BCUT2D eigenvalue weighted by atomic mass is 32.1. The zero-order chi connectivity index (χ0) is 71.4. The first-order valence-electron chi connectivity index (χ1n) is 36.6. The third-order valence-corrected chi connectivity index (χ3v) is 20.5. The topological polar surface area (TPSA) is 25.6 Å². The van der Waals surface area contributed by atoms with Crippen molar-refractivity contribution in [1.82, 2.24) is 9.13 Å². The Morgan fingerprint density at radius 1 is 0.340 bits per heavy atom. The van der Waals surface area contributed by atoms with Gasteiger partial charge in [-0.1, -0.05) is 235 Å². The van der Waals surface area contributed by atoms with Crippen molar-refractivity contribution in [3.63, 3.8) is 0 Å². The van der Waals surface area contributed by atoms with Gasteiger partial charge in [-0.05, 0) is 151 Å². The van der Waals surface area contributed by atoms with Crippen LogP contribution in [0.4, 0.5) is 34.1 Å². The molecule has 460 valence electrons. The average Bonchev–Trinajstić information content (AvgIpc) is 1.37.